The molecule has 3 rings (SSSR count). The molecule has 20 heavy (non-hydrogen) atoms. The van der Waals surface area contributed by atoms with Crippen LogP contribution in [0.4, 0.5) is 0 Å². The van der Waals surface area contributed by atoms with Gasteiger partial charge in [0.1, 0.15) is 0 Å². The van der Waals surface area contributed by atoms with Gasteiger partial charge in [-0.05, 0) is 37.5 Å². The Morgan fingerprint density at radius 2 is 1.90 bits per heavy atom. The van der Waals surface area contributed by atoms with Gasteiger partial charge in [0.2, 0.25) is 0 Å². The van der Waals surface area contributed by atoms with E-state index in [1.54, 1.807) is 0 Å². The average Bonchev–Trinajstić information content (AvgIpc) is 2.74. The van der Waals surface area contributed by atoms with Gasteiger partial charge in [0.25, 0.3) is 0 Å². The first kappa shape index (κ1) is 14.8. The number of aliphatic hydroxyl groups is 1. The fourth-order valence-electron chi connectivity index (χ4n) is 5.19. The number of piperidine rings is 2. The van der Waals surface area contributed by atoms with Crippen LogP contribution in [0, 0.1) is 11.8 Å². The minimum absolute atomic E-state index is 0.0994. The highest BCUT2D eigenvalue weighted by molar-refractivity contribution is 6.76. The van der Waals surface area contributed by atoms with Gasteiger partial charge in [0.15, 0.2) is 0 Å². The Morgan fingerprint density at radius 3 is 2.55 bits per heavy atom. The lowest BCUT2D eigenvalue weighted by molar-refractivity contribution is -0.0861. The highest BCUT2D eigenvalue weighted by Crippen LogP contribution is 2.49. The van der Waals surface area contributed by atoms with Crippen molar-refractivity contribution in [3.8, 4) is 0 Å². The van der Waals surface area contributed by atoms with Crippen LogP contribution in [0.3, 0.4) is 0 Å². The van der Waals surface area contributed by atoms with Crippen molar-refractivity contribution in [1.29, 1.82) is 0 Å². The van der Waals surface area contributed by atoms with Crippen LogP contribution in [0.15, 0.2) is 12.2 Å². The van der Waals surface area contributed by atoms with Gasteiger partial charge in [-0.15, -0.1) is 0 Å². The van der Waals surface area contributed by atoms with Crippen LogP contribution in [0.25, 0.3) is 0 Å². The summed E-state index contributed by atoms with van der Waals surface area (Å²) in [6.07, 6.45) is 4.84. The third kappa shape index (κ3) is 2.42. The van der Waals surface area contributed by atoms with Gasteiger partial charge in [-0.2, -0.15) is 0 Å². The third-order valence-electron chi connectivity index (χ3n) is 5.93. The lowest BCUT2D eigenvalue weighted by atomic mass is 9.74. The normalized spacial score (nSPS) is 45.5. The average molecular weight is 294 g/mol. The lowest BCUT2D eigenvalue weighted by Crippen LogP contribution is -2.62. The quantitative estimate of drug-likeness (QED) is 0.622. The molecule has 0 bridgehead atoms. The van der Waals surface area contributed by atoms with Gasteiger partial charge in [-0.25, -0.2) is 0 Å². The van der Waals surface area contributed by atoms with Crippen LogP contribution in [0.2, 0.25) is 25.7 Å². The molecule has 0 aromatic rings. The molecule has 3 aliphatic heterocycles. The number of hydrogen-bond donors (Lipinski definition) is 1. The zero-order chi connectivity index (χ0) is 14.7. The molecule has 0 unspecified atom stereocenters. The first-order chi connectivity index (χ1) is 9.28. The molecule has 3 fully saturated rings. The van der Waals surface area contributed by atoms with E-state index < -0.39 is 8.07 Å². The Hall–Kier alpha value is -0.123. The number of aliphatic hydroxyl groups excluding tert-OH is 1. The standard InChI is InChI=1S/C17H31NOSi/c1-11-8-13-6-7-15-12(2)17(19)14(10-20(3,4)5)16(9-11)18(13)15/h12-17,19H,1,6-10H2,2-5H3/t12-,13-,14-,15-,16-,17+/m1/s1. The van der Waals surface area contributed by atoms with Gasteiger partial charge in [0, 0.05) is 26.2 Å². The molecule has 0 saturated carbocycles. The van der Waals surface area contributed by atoms with Crippen LogP contribution in [0.5, 0.6) is 0 Å². The molecule has 0 radical (unpaired) electrons. The monoisotopic (exact) mass is 293 g/mol. The van der Waals surface area contributed by atoms with E-state index >= 15 is 0 Å². The van der Waals surface area contributed by atoms with Gasteiger partial charge in [-0.1, -0.05) is 44.8 Å². The zero-order valence-electron chi connectivity index (χ0n) is 13.6. The van der Waals surface area contributed by atoms with E-state index in [0.717, 1.165) is 12.5 Å². The summed E-state index contributed by atoms with van der Waals surface area (Å²) in [5.74, 6) is 0.925. The van der Waals surface area contributed by atoms with Crippen LogP contribution in [-0.2, 0) is 0 Å². The summed E-state index contributed by atoms with van der Waals surface area (Å²) in [6.45, 7) is 13.9. The van der Waals surface area contributed by atoms with Crippen molar-refractivity contribution in [2.24, 2.45) is 11.8 Å². The van der Waals surface area contributed by atoms with Gasteiger partial charge in [0.05, 0.1) is 6.10 Å². The maximum absolute atomic E-state index is 10.9. The van der Waals surface area contributed by atoms with E-state index in [2.05, 4.69) is 38.0 Å². The second-order valence-electron chi connectivity index (χ2n) is 8.75. The predicted molar refractivity (Wildman–Crippen MR) is 87.6 cm³/mol. The summed E-state index contributed by atoms with van der Waals surface area (Å²) < 4.78 is 0. The Bertz CT molecular complexity index is 402. The SMILES string of the molecule is C=C1C[C@H]2CC[C@@H]3[C@@H](C)[C@H](O)[C@H](C[Si](C)(C)C)[C@@H](C1)N23. The van der Waals surface area contributed by atoms with E-state index in [9.17, 15) is 5.11 Å². The summed E-state index contributed by atoms with van der Waals surface area (Å²) in [5, 5.41) is 10.9. The second-order valence-corrected chi connectivity index (χ2v) is 14.3. The Kier molecular flexibility index (Phi) is 3.67. The summed E-state index contributed by atoms with van der Waals surface area (Å²) in [5.41, 5.74) is 1.43. The van der Waals surface area contributed by atoms with Crippen molar-refractivity contribution in [3.05, 3.63) is 12.2 Å². The van der Waals surface area contributed by atoms with Crippen molar-refractivity contribution in [2.75, 3.05) is 0 Å². The molecule has 0 aromatic carbocycles. The summed E-state index contributed by atoms with van der Waals surface area (Å²) >= 11 is 0. The van der Waals surface area contributed by atoms with Gasteiger partial charge >= 0.3 is 0 Å². The molecule has 3 aliphatic rings. The van der Waals surface area contributed by atoms with Crippen molar-refractivity contribution in [2.45, 2.75) is 82.5 Å². The van der Waals surface area contributed by atoms with E-state index in [1.807, 2.05) is 0 Å². The summed E-state index contributed by atoms with van der Waals surface area (Å²) in [6, 6.07) is 3.19. The van der Waals surface area contributed by atoms with Crippen molar-refractivity contribution in [1.82, 2.24) is 4.90 Å². The first-order valence-corrected chi connectivity index (χ1v) is 12.1. The Labute approximate surface area is 125 Å². The third-order valence-corrected chi connectivity index (χ3v) is 7.63. The molecule has 0 amide bonds. The van der Waals surface area contributed by atoms with E-state index in [0.29, 0.717) is 23.9 Å². The van der Waals surface area contributed by atoms with Gasteiger partial charge < -0.3 is 5.11 Å². The van der Waals surface area contributed by atoms with Crippen molar-refractivity contribution in [3.63, 3.8) is 0 Å². The maximum Gasteiger partial charge on any atom is 0.0621 e. The predicted octanol–water partition coefficient (Wildman–Crippen LogP) is 3.50. The molecule has 3 saturated heterocycles. The fourth-order valence-corrected chi connectivity index (χ4v) is 7.12. The number of hydrogen-bond acceptors (Lipinski definition) is 2. The molecule has 2 nitrogen and oxygen atoms in total. The molecule has 3 heteroatoms. The van der Waals surface area contributed by atoms with Crippen LogP contribution >= 0.6 is 0 Å². The van der Waals surface area contributed by atoms with E-state index in [4.69, 9.17) is 0 Å². The second kappa shape index (κ2) is 4.96. The van der Waals surface area contributed by atoms with Gasteiger partial charge in [-0.3, -0.25) is 4.90 Å². The molecule has 0 aliphatic carbocycles. The topological polar surface area (TPSA) is 23.5 Å². The van der Waals surface area contributed by atoms with E-state index in [-0.39, 0.29) is 6.10 Å². The smallest absolute Gasteiger partial charge is 0.0621 e. The molecule has 114 valence electrons. The molecular weight excluding hydrogens is 262 g/mol. The first-order valence-electron chi connectivity index (χ1n) is 8.40. The lowest BCUT2D eigenvalue weighted by Gasteiger charge is -2.54. The molecule has 0 spiro atoms. The number of rotatable bonds is 2. The van der Waals surface area contributed by atoms with Crippen LogP contribution in [-0.4, -0.2) is 42.3 Å². The van der Waals surface area contributed by atoms with E-state index in [1.165, 1.54) is 30.9 Å². The molecular formula is C17H31NOSi. The zero-order valence-corrected chi connectivity index (χ0v) is 14.6. The van der Waals surface area contributed by atoms with Crippen LogP contribution in [0.1, 0.15) is 32.6 Å². The highest BCUT2D eigenvalue weighted by Gasteiger charge is 2.53. The van der Waals surface area contributed by atoms with Crippen LogP contribution < -0.4 is 0 Å². The largest absolute Gasteiger partial charge is 0.392 e. The fraction of sp³-hybridized carbons (Fsp3) is 0.882. The van der Waals surface area contributed by atoms with Crippen molar-refractivity contribution >= 4 is 8.07 Å². The number of nitrogens with zero attached hydrogens (tertiary/aromatic N) is 1. The molecule has 0 aromatic heterocycles. The summed E-state index contributed by atoms with van der Waals surface area (Å²) in [7, 11) is -1.15. The molecule has 6 atom stereocenters. The Balaban J connectivity index is 1.91. The Morgan fingerprint density at radius 1 is 1.20 bits per heavy atom. The van der Waals surface area contributed by atoms with Crippen molar-refractivity contribution < 1.29 is 5.11 Å². The highest BCUT2D eigenvalue weighted by atomic mass is 28.3. The molecule has 3 heterocycles. The minimum atomic E-state index is -1.15. The maximum atomic E-state index is 10.9. The molecule has 1 N–H and O–H groups in total. The minimum Gasteiger partial charge on any atom is -0.392 e. The summed E-state index contributed by atoms with van der Waals surface area (Å²) in [4.78, 5) is 2.82.